The lowest BCUT2D eigenvalue weighted by Crippen LogP contribution is -2.53. The number of hydrogen-bond donors (Lipinski definition) is 2. The Bertz CT molecular complexity index is 299. The maximum Gasteiger partial charge on any atom is 0.320 e. The van der Waals surface area contributed by atoms with E-state index in [1.165, 1.54) is 6.42 Å². The summed E-state index contributed by atoms with van der Waals surface area (Å²) in [4.78, 5) is 13.3. The van der Waals surface area contributed by atoms with Gasteiger partial charge in [0.25, 0.3) is 0 Å². The van der Waals surface area contributed by atoms with Crippen molar-refractivity contribution in [3.8, 4) is 0 Å². The minimum atomic E-state index is -0.735. The number of β-amino-alcohol motifs (C(OH)–C–C–N with tert-alkyl or cyclic N) is 1. The van der Waals surface area contributed by atoms with E-state index in [0.29, 0.717) is 18.9 Å². The van der Waals surface area contributed by atoms with Gasteiger partial charge in [-0.2, -0.15) is 0 Å². The Morgan fingerprint density at radius 2 is 2.00 bits per heavy atom. The molecule has 2 aliphatic rings. The molecule has 104 valence electrons. The average molecular weight is 255 g/mol. The molecule has 2 rings (SSSR count). The highest BCUT2D eigenvalue weighted by Crippen LogP contribution is 2.31. The summed E-state index contributed by atoms with van der Waals surface area (Å²) in [6, 6.07) is -0.403. The SMILES string of the molecule is CC1CCN(CC2(O)CCCCC2)C(C(=O)O)C1. The Morgan fingerprint density at radius 1 is 1.33 bits per heavy atom. The van der Waals surface area contributed by atoms with E-state index >= 15 is 0 Å². The number of hydrogen-bond acceptors (Lipinski definition) is 3. The molecule has 0 aromatic heterocycles. The second-order valence-corrected chi connectivity index (χ2v) is 6.24. The number of aliphatic hydroxyl groups is 1. The molecule has 2 atom stereocenters. The van der Waals surface area contributed by atoms with Gasteiger partial charge in [-0.25, -0.2) is 0 Å². The van der Waals surface area contributed by atoms with Gasteiger partial charge in [0.05, 0.1) is 5.60 Å². The third-order valence-corrected chi connectivity index (χ3v) is 4.54. The first-order valence-electron chi connectivity index (χ1n) is 7.19. The van der Waals surface area contributed by atoms with Gasteiger partial charge in [-0.15, -0.1) is 0 Å². The van der Waals surface area contributed by atoms with Crippen LogP contribution < -0.4 is 0 Å². The molecule has 2 fully saturated rings. The predicted octanol–water partition coefficient (Wildman–Crippen LogP) is 1.87. The molecule has 0 aromatic carbocycles. The van der Waals surface area contributed by atoms with Crippen molar-refractivity contribution in [1.29, 1.82) is 0 Å². The van der Waals surface area contributed by atoms with Gasteiger partial charge >= 0.3 is 5.97 Å². The zero-order valence-corrected chi connectivity index (χ0v) is 11.3. The number of aliphatic carboxylic acids is 1. The first-order valence-corrected chi connectivity index (χ1v) is 7.19. The van der Waals surface area contributed by atoms with E-state index in [1.54, 1.807) is 0 Å². The van der Waals surface area contributed by atoms with Crippen LogP contribution in [0.3, 0.4) is 0 Å². The standard InChI is InChI=1S/C14H25NO3/c1-11-5-8-15(12(9-11)13(16)17)10-14(18)6-3-2-4-7-14/h11-12,18H,2-10H2,1H3,(H,16,17). The fourth-order valence-electron chi connectivity index (χ4n) is 3.38. The van der Waals surface area contributed by atoms with Crippen molar-refractivity contribution < 1.29 is 15.0 Å². The highest BCUT2D eigenvalue weighted by Gasteiger charge is 2.38. The molecule has 0 aromatic rings. The summed E-state index contributed by atoms with van der Waals surface area (Å²) >= 11 is 0. The molecule has 4 heteroatoms. The van der Waals surface area contributed by atoms with Gasteiger partial charge in [-0.3, -0.25) is 9.69 Å². The maximum absolute atomic E-state index is 11.3. The third kappa shape index (κ3) is 3.23. The molecule has 0 radical (unpaired) electrons. The van der Waals surface area contributed by atoms with Crippen LogP contribution in [-0.4, -0.2) is 45.8 Å². The van der Waals surface area contributed by atoms with Crippen molar-refractivity contribution in [2.75, 3.05) is 13.1 Å². The number of likely N-dealkylation sites (tertiary alicyclic amines) is 1. The molecule has 0 spiro atoms. The van der Waals surface area contributed by atoms with Crippen LogP contribution in [0.5, 0.6) is 0 Å². The largest absolute Gasteiger partial charge is 0.480 e. The molecule has 18 heavy (non-hydrogen) atoms. The molecule has 0 amide bonds. The summed E-state index contributed by atoms with van der Waals surface area (Å²) < 4.78 is 0. The zero-order valence-electron chi connectivity index (χ0n) is 11.3. The predicted molar refractivity (Wildman–Crippen MR) is 69.4 cm³/mol. The van der Waals surface area contributed by atoms with E-state index in [9.17, 15) is 15.0 Å². The molecule has 1 saturated heterocycles. The lowest BCUT2D eigenvalue weighted by Gasteiger charge is -2.42. The van der Waals surface area contributed by atoms with E-state index in [4.69, 9.17) is 0 Å². The van der Waals surface area contributed by atoms with Gasteiger partial charge < -0.3 is 10.2 Å². The molecule has 4 nitrogen and oxygen atoms in total. The smallest absolute Gasteiger partial charge is 0.320 e. The molecule has 1 saturated carbocycles. The lowest BCUT2D eigenvalue weighted by molar-refractivity contribution is -0.147. The molecule has 2 unspecified atom stereocenters. The molecule has 1 heterocycles. The van der Waals surface area contributed by atoms with Crippen LogP contribution in [0.1, 0.15) is 51.9 Å². The number of carbonyl (C=O) groups is 1. The summed E-state index contributed by atoms with van der Waals surface area (Å²) in [7, 11) is 0. The van der Waals surface area contributed by atoms with Crippen LogP contribution in [0, 0.1) is 5.92 Å². The van der Waals surface area contributed by atoms with E-state index in [0.717, 1.165) is 38.6 Å². The van der Waals surface area contributed by atoms with E-state index in [2.05, 4.69) is 6.92 Å². The quantitative estimate of drug-likeness (QED) is 0.808. The Balaban J connectivity index is 1.99. The highest BCUT2D eigenvalue weighted by molar-refractivity contribution is 5.73. The molecular formula is C14H25NO3. The normalized spacial score (nSPS) is 33.2. The molecule has 1 aliphatic heterocycles. The zero-order chi connectivity index (χ0) is 13.2. The first kappa shape index (κ1) is 13.8. The third-order valence-electron chi connectivity index (χ3n) is 4.54. The van der Waals surface area contributed by atoms with Crippen LogP contribution in [0.15, 0.2) is 0 Å². The number of rotatable bonds is 3. The van der Waals surface area contributed by atoms with Crippen LogP contribution in [0.25, 0.3) is 0 Å². The second kappa shape index (κ2) is 5.57. The Morgan fingerprint density at radius 3 is 2.61 bits per heavy atom. The monoisotopic (exact) mass is 255 g/mol. The van der Waals surface area contributed by atoms with E-state index in [1.807, 2.05) is 4.90 Å². The Kier molecular flexibility index (Phi) is 4.28. The fourth-order valence-corrected chi connectivity index (χ4v) is 3.38. The maximum atomic E-state index is 11.3. The summed E-state index contributed by atoms with van der Waals surface area (Å²) in [5.41, 5.74) is -0.646. The van der Waals surface area contributed by atoms with Gasteiger partial charge in [-0.05, 0) is 38.1 Å². The number of carboxylic acid groups (broad SMARTS) is 1. The van der Waals surface area contributed by atoms with Gasteiger partial charge in [0.15, 0.2) is 0 Å². The van der Waals surface area contributed by atoms with Crippen LogP contribution in [0.2, 0.25) is 0 Å². The van der Waals surface area contributed by atoms with Crippen LogP contribution in [-0.2, 0) is 4.79 Å². The minimum absolute atomic E-state index is 0.403. The summed E-state index contributed by atoms with van der Waals surface area (Å²) in [6.45, 7) is 3.46. The van der Waals surface area contributed by atoms with Gasteiger partial charge in [0.2, 0.25) is 0 Å². The number of nitrogens with zero attached hydrogens (tertiary/aromatic N) is 1. The van der Waals surface area contributed by atoms with Crippen molar-refractivity contribution in [1.82, 2.24) is 4.90 Å². The van der Waals surface area contributed by atoms with Crippen molar-refractivity contribution in [3.05, 3.63) is 0 Å². The summed E-state index contributed by atoms with van der Waals surface area (Å²) in [6.07, 6.45) is 6.74. The van der Waals surface area contributed by atoms with Crippen LogP contribution in [0.4, 0.5) is 0 Å². The van der Waals surface area contributed by atoms with Gasteiger partial charge in [0, 0.05) is 6.54 Å². The summed E-state index contributed by atoms with van der Waals surface area (Å²) in [5, 5.41) is 19.9. The minimum Gasteiger partial charge on any atom is -0.480 e. The lowest BCUT2D eigenvalue weighted by atomic mass is 9.83. The van der Waals surface area contributed by atoms with Crippen molar-refractivity contribution in [3.63, 3.8) is 0 Å². The van der Waals surface area contributed by atoms with Crippen molar-refractivity contribution in [2.45, 2.75) is 63.5 Å². The number of carboxylic acids is 1. The molecule has 2 N–H and O–H groups in total. The molecule has 1 aliphatic carbocycles. The topological polar surface area (TPSA) is 60.8 Å². The van der Waals surface area contributed by atoms with Crippen molar-refractivity contribution in [2.24, 2.45) is 5.92 Å². The first-order chi connectivity index (χ1) is 8.50. The average Bonchev–Trinajstić information content (AvgIpc) is 2.32. The van der Waals surface area contributed by atoms with Crippen LogP contribution >= 0.6 is 0 Å². The second-order valence-electron chi connectivity index (χ2n) is 6.24. The number of piperidine rings is 1. The summed E-state index contributed by atoms with van der Waals surface area (Å²) in [5.74, 6) is -0.260. The highest BCUT2D eigenvalue weighted by atomic mass is 16.4. The van der Waals surface area contributed by atoms with Crippen molar-refractivity contribution >= 4 is 5.97 Å². The molecular weight excluding hydrogens is 230 g/mol. The Hall–Kier alpha value is -0.610. The fraction of sp³-hybridized carbons (Fsp3) is 0.929. The Labute approximate surface area is 109 Å². The van der Waals surface area contributed by atoms with Gasteiger partial charge in [0.1, 0.15) is 6.04 Å². The van der Waals surface area contributed by atoms with Gasteiger partial charge in [-0.1, -0.05) is 26.2 Å². The van der Waals surface area contributed by atoms with E-state index in [-0.39, 0.29) is 0 Å². The molecule has 0 bridgehead atoms. The van der Waals surface area contributed by atoms with E-state index < -0.39 is 17.6 Å².